The number of hydrogen-bond donors (Lipinski definition) is 1. The lowest BCUT2D eigenvalue weighted by Crippen LogP contribution is -2.29. The first kappa shape index (κ1) is 6.43. The Balaban J connectivity index is 3.79. The molecule has 0 rings (SSSR count). The minimum atomic E-state index is -1.69. The number of hydrogen-bond acceptors (Lipinski definition) is 2. The highest BCUT2D eigenvalue weighted by molar-refractivity contribution is 5.75. The van der Waals surface area contributed by atoms with E-state index in [1.807, 2.05) is 0 Å². The number of carbonyl (C=O) groups excluding carboxylic acids is 1. The lowest BCUT2D eigenvalue weighted by molar-refractivity contribution is -0.161. The van der Waals surface area contributed by atoms with Crippen LogP contribution in [0, 0.1) is 0 Å². The zero-order chi connectivity index (χ0) is 6.08. The lowest BCUT2D eigenvalue weighted by atomic mass is 10.1. The molecule has 7 heavy (non-hydrogen) atoms. The summed E-state index contributed by atoms with van der Waals surface area (Å²) in [5.74, 6) is -1.45. The number of rotatable bonds is 1. The fraction of sp³-hybridized carbons (Fsp3) is 0.750. The summed E-state index contributed by atoms with van der Waals surface area (Å²) in [7, 11) is 0. The third-order valence-electron chi connectivity index (χ3n) is 0.500. The summed E-state index contributed by atoms with van der Waals surface area (Å²) < 4.78 is 0. The molecule has 41 valence electrons. The van der Waals surface area contributed by atoms with Crippen LogP contribution < -0.4 is 0 Å². The largest absolute Gasteiger partial charge is 0.386 e. The Bertz CT molecular complexity index is 79.4. The van der Waals surface area contributed by atoms with Gasteiger partial charge in [0.05, 0.1) is 0 Å². The Hall–Kier alpha value is -0.570. The summed E-state index contributed by atoms with van der Waals surface area (Å²) in [6.45, 7) is 2.31. The van der Waals surface area contributed by atoms with Crippen molar-refractivity contribution in [3.8, 4) is 0 Å². The summed E-state index contributed by atoms with van der Waals surface area (Å²) >= 11 is 0. The zero-order valence-electron chi connectivity index (χ0n) is 4.26. The average molecular weight is 103 g/mol. The standard InChI is InChI=1S/C4H7O3/c1-4(2,7)3(5)6/h7H,1-2H3. The van der Waals surface area contributed by atoms with E-state index in [1.54, 1.807) is 0 Å². The van der Waals surface area contributed by atoms with E-state index >= 15 is 0 Å². The van der Waals surface area contributed by atoms with Crippen LogP contribution in [0.5, 0.6) is 0 Å². The van der Waals surface area contributed by atoms with E-state index in [4.69, 9.17) is 5.11 Å². The van der Waals surface area contributed by atoms with Crippen molar-refractivity contribution in [2.75, 3.05) is 0 Å². The molecular formula is C4H7O3. The molecule has 0 spiro atoms. The van der Waals surface area contributed by atoms with Crippen LogP contribution >= 0.6 is 0 Å². The SMILES string of the molecule is CC(C)(O)C([O])=O. The van der Waals surface area contributed by atoms with Gasteiger partial charge in [-0.05, 0) is 13.8 Å². The van der Waals surface area contributed by atoms with Crippen LogP contribution in [0.3, 0.4) is 0 Å². The predicted octanol–water partition coefficient (Wildman–Crippen LogP) is -0.286. The topological polar surface area (TPSA) is 57.2 Å². The second kappa shape index (κ2) is 1.50. The lowest BCUT2D eigenvalue weighted by Gasteiger charge is -2.05. The van der Waals surface area contributed by atoms with Gasteiger partial charge in [0.15, 0.2) is 5.60 Å². The Kier molecular flexibility index (Phi) is 1.38. The Morgan fingerprint density at radius 3 is 1.71 bits per heavy atom. The van der Waals surface area contributed by atoms with Crippen molar-refractivity contribution in [1.29, 1.82) is 0 Å². The third-order valence-corrected chi connectivity index (χ3v) is 0.500. The van der Waals surface area contributed by atoms with Crippen molar-refractivity contribution in [3.05, 3.63) is 0 Å². The summed E-state index contributed by atoms with van der Waals surface area (Å²) in [5, 5.41) is 18.1. The predicted molar refractivity (Wildman–Crippen MR) is 22.0 cm³/mol. The van der Waals surface area contributed by atoms with E-state index in [0.717, 1.165) is 13.8 Å². The maximum atomic E-state index is 9.66. The molecule has 0 amide bonds. The van der Waals surface area contributed by atoms with Gasteiger partial charge < -0.3 is 5.11 Å². The van der Waals surface area contributed by atoms with Gasteiger partial charge in [0.2, 0.25) is 0 Å². The van der Waals surface area contributed by atoms with Crippen LogP contribution in [0.2, 0.25) is 0 Å². The van der Waals surface area contributed by atoms with Gasteiger partial charge in [0.1, 0.15) is 0 Å². The molecule has 3 heteroatoms. The molecule has 1 radical (unpaired) electrons. The first-order chi connectivity index (χ1) is 2.94. The molecule has 0 aliphatic carbocycles. The molecule has 0 aromatic carbocycles. The Labute approximate surface area is 41.6 Å². The van der Waals surface area contributed by atoms with Gasteiger partial charge >= 0.3 is 5.97 Å². The van der Waals surface area contributed by atoms with E-state index in [1.165, 1.54) is 0 Å². The van der Waals surface area contributed by atoms with Gasteiger partial charge in [-0.1, -0.05) is 0 Å². The molecule has 3 nitrogen and oxygen atoms in total. The maximum Gasteiger partial charge on any atom is 0.386 e. The summed E-state index contributed by atoms with van der Waals surface area (Å²) in [5.41, 5.74) is -1.69. The normalized spacial score (nSPS) is 11.3. The van der Waals surface area contributed by atoms with Crippen LogP contribution in [0.4, 0.5) is 0 Å². The van der Waals surface area contributed by atoms with Gasteiger partial charge in [-0.3, -0.25) is 0 Å². The molecule has 0 saturated heterocycles. The molecule has 0 unspecified atom stereocenters. The van der Waals surface area contributed by atoms with Crippen molar-refractivity contribution in [1.82, 2.24) is 0 Å². The molecule has 0 bridgehead atoms. The molecular weight excluding hydrogens is 96.0 g/mol. The quantitative estimate of drug-likeness (QED) is 0.496. The number of aliphatic hydroxyl groups is 1. The van der Waals surface area contributed by atoms with E-state index in [-0.39, 0.29) is 0 Å². The van der Waals surface area contributed by atoms with Crippen LogP contribution in [0.25, 0.3) is 0 Å². The fourth-order valence-electron chi connectivity index (χ4n) is 0. The molecule has 0 heterocycles. The molecule has 1 N–H and O–H groups in total. The van der Waals surface area contributed by atoms with Gasteiger partial charge in [-0.2, -0.15) is 0 Å². The first-order valence-electron chi connectivity index (χ1n) is 1.88. The zero-order valence-corrected chi connectivity index (χ0v) is 4.26. The number of carbonyl (C=O) groups is 1. The van der Waals surface area contributed by atoms with E-state index in [2.05, 4.69) is 0 Å². The van der Waals surface area contributed by atoms with Gasteiger partial charge in [0.25, 0.3) is 0 Å². The van der Waals surface area contributed by atoms with Crippen LogP contribution in [0.1, 0.15) is 13.8 Å². The van der Waals surface area contributed by atoms with Crippen molar-refractivity contribution in [3.63, 3.8) is 0 Å². The minimum Gasteiger partial charge on any atom is -0.379 e. The first-order valence-corrected chi connectivity index (χ1v) is 1.88. The van der Waals surface area contributed by atoms with Crippen molar-refractivity contribution < 1.29 is 15.0 Å². The maximum absolute atomic E-state index is 9.66. The fourth-order valence-corrected chi connectivity index (χ4v) is 0. The molecule has 0 saturated carbocycles. The summed E-state index contributed by atoms with van der Waals surface area (Å²) in [6.07, 6.45) is 0. The minimum absolute atomic E-state index is 1.16. The van der Waals surface area contributed by atoms with E-state index in [0.29, 0.717) is 0 Å². The van der Waals surface area contributed by atoms with Gasteiger partial charge in [0, 0.05) is 0 Å². The Morgan fingerprint density at radius 1 is 1.57 bits per heavy atom. The molecule has 0 fully saturated rings. The highest BCUT2D eigenvalue weighted by atomic mass is 16.4. The average Bonchev–Trinajstić information content (AvgIpc) is 1.31. The molecule has 0 aromatic rings. The molecule has 0 aliphatic rings. The Morgan fingerprint density at radius 2 is 1.71 bits per heavy atom. The van der Waals surface area contributed by atoms with Gasteiger partial charge in [-0.25, -0.2) is 9.90 Å². The van der Waals surface area contributed by atoms with Crippen molar-refractivity contribution in [2.45, 2.75) is 19.4 Å². The highest BCUT2D eigenvalue weighted by Gasteiger charge is 2.24. The van der Waals surface area contributed by atoms with Crippen molar-refractivity contribution in [2.24, 2.45) is 0 Å². The van der Waals surface area contributed by atoms with E-state index in [9.17, 15) is 9.90 Å². The molecule has 0 atom stereocenters. The summed E-state index contributed by atoms with van der Waals surface area (Å²) in [6, 6.07) is 0. The third kappa shape index (κ3) is 2.17. The van der Waals surface area contributed by atoms with Crippen molar-refractivity contribution >= 4 is 5.97 Å². The molecule has 0 aromatic heterocycles. The summed E-state index contributed by atoms with van der Waals surface area (Å²) in [4.78, 5) is 9.66. The molecule has 0 aliphatic heterocycles. The second-order valence-corrected chi connectivity index (χ2v) is 1.85. The van der Waals surface area contributed by atoms with Gasteiger partial charge in [-0.15, -0.1) is 0 Å². The van der Waals surface area contributed by atoms with Crippen LogP contribution in [0.15, 0.2) is 0 Å². The van der Waals surface area contributed by atoms with Crippen LogP contribution in [-0.2, 0) is 9.90 Å². The second-order valence-electron chi connectivity index (χ2n) is 1.85. The van der Waals surface area contributed by atoms with E-state index < -0.39 is 11.6 Å². The van der Waals surface area contributed by atoms with Crippen LogP contribution in [-0.4, -0.2) is 16.7 Å². The highest BCUT2D eigenvalue weighted by Crippen LogP contribution is 1.98. The monoisotopic (exact) mass is 103 g/mol. The smallest absolute Gasteiger partial charge is 0.379 e.